The third-order valence-corrected chi connectivity index (χ3v) is 3.34. The first kappa shape index (κ1) is 11.8. The van der Waals surface area contributed by atoms with E-state index in [2.05, 4.69) is 44.9 Å². The van der Waals surface area contributed by atoms with Gasteiger partial charge in [0.25, 0.3) is 0 Å². The van der Waals surface area contributed by atoms with Gasteiger partial charge in [-0.1, -0.05) is 0 Å². The van der Waals surface area contributed by atoms with Crippen molar-refractivity contribution in [1.29, 1.82) is 0 Å². The van der Waals surface area contributed by atoms with Gasteiger partial charge in [-0.25, -0.2) is 9.97 Å². The second-order valence-electron chi connectivity index (χ2n) is 4.30. The van der Waals surface area contributed by atoms with Crippen molar-refractivity contribution >= 4 is 15.9 Å². The van der Waals surface area contributed by atoms with Crippen molar-refractivity contribution in [2.75, 3.05) is 14.1 Å². The van der Waals surface area contributed by atoms with E-state index in [-0.39, 0.29) is 6.10 Å². The molecule has 0 amide bonds. The van der Waals surface area contributed by atoms with Crippen molar-refractivity contribution in [3.05, 3.63) is 16.9 Å². The van der Waals surface area contributed by atoms with Crippen LogP contribution < -0.4 is 4.74 Å². The first-order chi connectivity index (χ1) is 7.66. The monoisotopic (exact) mass is 285 g/mol. The normalized spacial score (nSPS) is 25.0. The molecule has 0 bridgehead atoms. The standard InChI is InChI=1S/C11H16BrN3O/c1-15(2)9-4-3-5-10(9)16-11-13-6-8(12)7-14-11/h6-7,9-10H,3-5H2,1-2H3. The summed E-state index contributed by atoms with van der Waals surface area (Å²) in [6, 6.07) is 0.953. The summed E-state index contributed by atoms with van der Waals surface area (Å²) in [4.78, 5) is 10.5. The van der Waals surface area contributed by atoms with Crippen molar-refractivity contribution < 1.29 is 4.74 Å². The Morgan fingerprint density at radius 2 is 2.00 bits per heavy atom. The average molecular weight is 286 g/mol. The second-order valence-corrected chi connectivity index (χ2v) is 5.22. The van der Waals surface area contributed by atoms with E-state index < -0.39 is 0 Å². The highest BCUT2D eigenvalue weighted by molar-refractivity contribution is 9.10. The molecule has 1 aliphatic rings. The summed E-state index contributed by atoms with van der Waals surface area (Å²) in [5.41, 5.74) is 0. The van der Waals surface area contributed by atoms with Crippen molar-refractivity contribution in [2.24, 2.45) is 0 Å². The Hall–Kier alpha value is -0.680. The van der Waals surface area contributed by atoms with Crippen LogP contribution >= 0.6 is 15.9 Å². The Kier molecular flexibility index (Phi) is 3.76. The summed E-state index contributed by atoms with van der Waals surface area (Å²) < 4.78 is 6.69. The number of rotatable bonds is 3. The summed E-state index contributed by atoms with van der Waals surface area (Å²) in [6.45, 7) is 0. The predicted molar refractivity (Wildman–Crippen MR) is 65.5 cm³/mol. The average Bonchev–Trinajstić information content (AvgIpc) is 2.69. The van der Waals surface area contributed by atoms with Gasteiger partial charge < -0.3 is 9.64 Å². The van der Waals surface area contributed by atoms with Gasteiger partial charge >= 0.3 is 6.01 Å². The largest absolute Gasteiger partial charge is 0.458 e. The molecule has 5 heteroatoms. The number of aromatic nitrogens is 2. The predicted octanol–water partition coefficient (Wildman–Crippen LogP) is 2.10. The molecular weight excluding hydrogens is 270 g/mol. The number of hydrogen-bond donors (Lipinski definition) is 0. The molecule has 2 unspecified atom stereocenters. The molecule has 0 aliphatic heterocycles. The van der Waals surface area contributed by atoms with Gasteiger partial charge in [-0.2, -0.15) is 0 Å². The molecule has 0 aromatic carbocycles. The number of likely N-dealkylation sites (N-methyl/N-ethyl adjacent to an activating group) is 1. The van der Waals surface area contributed by atoms with Crippen molar-refractivity contribution in [3.8, 4) is 6.01 Å². The zero-order chi connectivity index (χ0) is 11.5. The van der Waals surface area contributed by atoms with Gasteiger partial charge in [0, 0.05) is 18.4 Å². The Morgan fingerprint density at radius 3 is 2.62 bits per heavy atom. The van der Waals surface area contributed by atoms with Gasteiger partial charge in [-0.15, -0.1) is 0 Å². The topological polar surface area (TPSA) is 38.2 Å². The van der Waals surface area contributed by atoms with E-state index in [9.17, 15) is 0 Å². The lowest BCUT2D eigenvalue weighted by molar-refractivity contribution is 0.111. The van der Waals surface area contributed by atoms with Crippen molar-refractivity contribution in [1.82, 2.24) is 14.9 Å². The lowest BCUT2D eigenvalue weighted by atomic mass is 10.2. The molecule has 88 valence electrons. The number of halogens is 1. The molecule has 1 fully saturated rings. The molecule has 16 heavy (non-hydrogen) atoms. The van der Waals surface area contributed by atoms with Gasteiger partial charge in [-0.3, -0.25) is 0 Å². The third-order valence-electron chi connectivity index (χ3n) is 2.93. The molecule has 0 saturated heterocycles. The Labute approximate surface area is 104 Å². The second kappa shape index (κ2) is 5.10. The Balaban J connectivity index is 2.01. The molecule has 1 aromatic heterocycles. The SMILES string of the molecule is CN(C)C1CCCC1Oc1ncc(Br)cn1. The molecule has 0 spiro atoms. The minimum Gasteiger partial charge on any atom is -0.458 e. The number of nitrogens with zero attached hydrogens (tertiary/aromatic N) is 3. The fraction of sp³-hybridized carbons (Fsp3) is 0.636. The first-order valence-corrected chi connectivity index (χ1v) is 6.27. The van der Waals surface area contributed by atoms with E-state index in [1.165, 1.54) is 12.8 Å². The summed E-state index contributed by atoms with van der Waals surface area (Å²) in [7, 11) is 4.18. The minimum atomic E-state index is 0.219. The highest BCUT2D eigenvalue weighted by atomic mass is 79.9. The van der Waals surface area contributed by atoms with Gasteiger partial charge in [0.15, 0.2) is 0 Å². The van der Waals surface area contributed by atoms with Gasteiger partial charge in [0.05, 0.1) is 4.47 Å². The zero-order valence-corrected chi connectivity index (χ0v) is 11.1. The van der Waals surface area contributed by atoms with Crippen LogP contribution in [0.4, 0.5) is 0 Å². The fourth-order valence-electron chi connectivity index (χ4n) is 2.13. The molecule has 1 heterocycles. The lowest BCUT2D eigenvalue weighted by Crippen LogP contribution is -2.38. The van der Waals surface area contributed by atoms with Gasteiger partial charge in [-0.05, 0) is 49.3 Å². The Bertz CT molecular complexity index is 342. The van der Waals surface area contributed by atoms with E-state index in [0.29, 0.717) is 12.1 Å². The van der Waals surface area contributed by atoms with Crippen LogP contribution in [0.3, 0.4) is 0 Å². The van der Waals surface area contributed by atoms with Crippen LogP contribution in [0.2, 0.25) is 0 Å². The van der Waals surface area contributed by atoms with E-state index >= 15 is 0 Å². The molecule has 1 aromatic rings. The molecule has 0 radical (unpaired) electrons. The molecular formula is C11H16BrN3O. The molecule has 2 atom stereocenters. The van der Waals surface area contributed by atoms with Crippen LogP contribution in [0, 0.1) is 0 Å². The van der Waals surface area contributed by atoms with E-state index in [0.717, 1.165) is 10.9 Å². The molecule has 0 N–H and O–H groups in total. The fourth-order valence-corrected chi connectivity index (χ4v) is 2.34. The summed E-state index contributed by atoms with van der Waals surface area (Å²) in [5.74, 6) is 0. The summed E-state index contributed by atoms with van der Waals surface area (Å²) in [6.07, 6.45) is 7.13. The quantitative estimate of drug-likeness (QED) is 0.853. The number of ether oxygens (including phenoxy) is 1. The van der Waals surface area contributed by atoms with Gasteiger partial charge in [0.2, 0.25) is 0 Å². The highest BCUT2D eigenvalue weighted by Gasteiger charge is 2.31. The maximum atomic E-state index is 5.82. The Morgan fingerprint density at radius 1 is 1.31 bits per heavy atom. The van der Waals surface area contributed by atoms with Crippen LogP contribution in [0.15, 0.2) is 16.9 Å². The summed E-state index contributed by atoms with van der Waals surface area (Å²) >= 11 is 3.30. The van der Waals surface area contributed by atoms with Crippen molar-refractivity contribution in [3.63, 3.8) is 0 Å². The number of hydrogen-bond acceptors (Lipinski definition) is 4. The third kappa shape index (κ3) is 2.71. The maximum Gasteiger partial charge on any atom is 0.316 e. The minimum absolute atomic E-state index is 0.219. The van der Waals surface area contributed by atoms with E-state index in [1.807, 2.05) is 0 Å². The molecule has 4 nitrogen and oxygen atoms in total. The zero-order valence-electron chi connectivity index (χ0n) is 9.56. The van der Waals surface area contributed by atoms with E-state index in [4.69, 9.17) is 4.74 Å². The molecule has 1 saturated carbocycles. The van der Waals surface area contributed by atoms with Gasteiger partial charge in [0.1, 0.15) is 6.10 Å². The maximum absolute atomic E-state index is 5.82. The molecule has 2 rings (SSSR count). The smallest absolute Gasteiger partial charge is 0.316 e. The first-order valence-electron chi connectivity index (χ1n) is 5.47. The lowest BCUT2D eigenvalue weighted by Gasteiger charge is -2.25. The van der Waals surface area contributed by atoms with E-state index in [1.54, 1.807) is 12.4 Å². The highest BCUT2D eigenvalue weighted by Crippen LogP contribution is 2.25. The summed E-state index contributed by atoms with van der Waals surface area (Å²) in [5, 5.41) is 0. The van der Waals surface area contributed by atoms with Crippen molar-refractivity contribution in [2.45, 2.75) is 31.4 Å². The van der Waals surface area contributed by atoms with Crippen LogP contribution in [-0.2, 0) is 0 Å². The molecule has 1 aliphatic carbocycles. The van der Waals surface area contributed by atoms with Crippen LogP contribution in [0.25, 0.3) is 0 Å². The van der Waals surface area contributed by atoms with Crippen LogP contribution in [0.5, 0.6) is 6.01 Å². The van der Waals surface area contributed by atoms with Crippen LogP contribution in [-0.4, -0.2) is 41.1 Å². The van der Waals surface area contributed by atoms with Crippen LogP contribution in [0.1, 0.15) is 19.3 Å².